The third kappa shape index (κ3) is 3.57. The van der Waals surface area contributed by atoms with Gasteiger partial charge in [-0.05, 0) is 31.2 Å². The second-order valence-electron chi connectivity index (χ2n) is 4.68. The van der Waals surface area contributed by atoms with E-state index in [1.807, 2.05) is 24.3 Å². The Kier molecular flexibility index (Phi) is 4.69. The molecular weight excluding hydrogens is 332 g/mol. The quantitative estimate of drug-likeness (QED) is 0.500. The van der Waals surface area contributed by atoms with Crippen LogP contribution in [0.5, 0.6) is 0 Å². The highest BCUT2D eigenvalue weighted by Gasteiger charge is 2.09. The molecular formula is C17H13ClN2O2S. The summed E-state index contributed by atoms with van der Waals surface area (Å²) in [7, 11) is 0. The SMILES string of the molecule is CCOC(=O)c1ccc2nc(/N=C/c3ccccc3Cl)sc2c1. The Morgan fingerprint density at radius 2 is 2.17 bits per heavy atom. The first-order valence-corrected chi connectivity index (χ1v) is 8.23. The highest BCUT2D eigenvalue weighted by Crippen LogP contribution is 2.29. The van der Waals surface area contributed by atoms with E-state index in [1.54, 1.807) is 31.3 Å². The summed E-state index contributed by atoms with van der Waals surface area (Å²) < 4.78 is 5.89. The minimum atomic E-state index is -0.330. The minimum Gasteiger partial charge on any atom is -0.462 e. The zero-order valence-electron chi connectivity index (χ0n) is 12.3. The van der Waals surface area contributed by atoms with Crippen molar-refractivity contribution in [2.24, 2.45) is 4.99 Å². The van der Waals surface area contributed by atoms with Gasteiger partial charge in [0.15, 0.2) is 0 Å². The summed E-state index contributed by atoms with van der Waals surface area (Å²) in [6.45, 7) is 2.14. The van der Waals surface area contributed by atoms with Gasteiger partial charge in [-0.3, -0.25) is 0 Å². The van der Waals surface area contributed by atoms with E-state index in [9.17, 15) is 4.79 Å². The Balaban J connectivity index is 1.88. The Bertz CT molecular complexity index is 889. The van der Waals surface area contributed by atoms with Crippen LogP contribution in [0.2, 0.25) is 5.02 Å². The maximum absolute atomic E-state index is 11.8. The molecule has 0 bridgehead atoms. The van der Waals surface area contributed by atoms with Gasteiger partial charge in [0.1, 0.15) is 0 Å². The second kappa shape index (κ2) is 6.89. The number of nitrogens with zero attached hydrogens (tertiary/aromatic N) is 2. The number of aliphatic imine (C=N–C) groups is 1. The molecule has 23 heavy (non-hydrogen) atoms. The van der Waals surface area contributed by atoms with Gasteiger partial charge in [0, 0.05) is 16.8 Å². The summed E-state index contributed by atoms with van der Waals surface area (Å²) in [6, 6.07) is 12.8. The first-order chi connectivity index (χ1) is 11.2. The molecule has 2 aromatic carbocycles. The van der Waals surface area contributed by atoms with E-state index in [2.05, 4.69) is 9.98 Å². The molecule has 0 unspecified atom stereocenters. The van der Waals surface area contributed by atoms with Crippen molar-refractivity contribution < 1.29 is 9.53 Å². The van der Waals surface area contributed by atoms with Crippen LogP contribution < -0.4 is 0 Å². The molecule has 0 aliphatic carbocycles. The number of thiazole rings is 1. The molecule has 0 aliphatic rings. The lowest BCUT2D eigenvalue weighted by molar-refractivity contribution is 0.0526. The van der Waals surface area contributed by atoms with Crippen LogP contribution in [0.3, 0.4) is 0 Å². The van der Waals surface area contributed by atoms with Crippen LogP contribution in [0.25, 0.3) is 10.2 Å². The van der Waals surface area contributed by atoms with Crippen molar-refractivity contribution in [2.75, 3.05) is 6.61 Å². The van der Waals surface area contributed by atoms with Crippen molar-refractivity contribution >= 4 is 50.5 Å². The number of hydrogen-bond donors (Lipinski definition) is 0. The van der Waals surface area contributed by atoms with Gasteiger partial charge in [-0.25, -0.2) is 14.8 Å². The number of carbonyl (C=O) groups is 1. The van der Waals surface area contributed by atoms with Gasteiger partial charge in [0.25, 0.3) is 0 Å². The van der Waals surface area contributed by atoms with Crippen molar-refractivity contribution in [3.05, 3.63) is 58.6 Å². The van der Waals surface area contributed by atoms with Gasteiger partial charge in [-0.2, -0.15) is 0 Å². The fourth-order valence-corrected chi connectivity index (χ4v) is 3.05. The van der Waals surface area contributed by atoms with Gasteiger partial charge in [0.2, 0.25) is 5.13 Å². The molecule has 0 amide bonds. The third-order valence-electron chi connectivity index (χ3n) is 3.11. The van der Waals surface area contributed by atoms with Gasteiger partial charge >= 0.3 is 5.97 Å². The zero-order chi connectivity index (χ0) is 16.2. The predicted molar refractivity (Wildman–Crippen MR) is 94.3 cm³/mol. The van der Waals surface area contributed by atoms with E-state index in [1.165, 1.54) is 11.3 Å². The molecule has 0 spiro atoms. The largest absolute Gasteiger partial charge is 0.462 e. The Morgan fingerprint density at radius 1 is 1.35 bits per heavy atom. The first-order valence-electron chi connectivity index (χ1n) is 7.03. The number of esters is 1. The molecule has 1 aromatic heterocycles. The lowest BCUT2D eigenvalue weighted by Crippen LogP contribution is -2.03. The third-order valence-corrected chi connectivity index (χ3v) is 4.38. The van der Waals surface area contributed by atoms with Crippen LogP contribution in [-0.4, -0.2) is 23.8 Å². The number of hydrogen-bond acceptors (Lipinski definition) is 5. The molecule has 0 saturated carbocycles. The van der Waals surface area contributed by atoms with E-state index < -0.39 is 0 Å². The van der Waals surface area contributed by atoms with Crippen molar-refractivity contribution in [3.63, 3.8) is 0 Å². The highest BCUT2D eigenvalue weighted by molar-refractivity contribution is 7.22. The molecule has 3 aromatic rings. The molecule has 4 nitrogen and oxygen atoms in total. The monoisotopic (exact) mass is 344 g/mol. The molecule has 0 fully saturated rings. The average Bonchev–Trinajstić information content (AvgIpc) is 2.96. The topological polar surface area (TPSA) is 51.5 Å². The first kappa shape index (κ1) is 15.6. The van der Waals surface area contributed by atoms with Crippen LogP contribution in [0, 0.1) is 0 Å². The Morgan fingerprint density at radius 3 is 2.96 bits per heavy atom. The fourth-order valence-electron chi connectivity index (χ4n) is 2.01. The molecule has 0 atom stereocenters. The van der Waals surface area contributed by atoms with E-state index in [0.717, 1.165) is 15.8 Å². The summed E-state index contributed by atoms with van der Waals surface area (Å²) in [5.41, 5.74) is 2.15. The Labute approximate surface area is 142 Å². The number of fused-ring (bicyclic) bond motifs is 1. The fraction of sp³-hybridized carbons (Fsp3) is 0.118. The van der Waals surface area contributed by atoms with Crippen LogP contribution in [0.4, 0.5) is 5.13 Å². The van der Waals surface area contributed by atoms with Crippen LogP contribution in [0.1, 0.15) is 22.8 Å². The van der Waals surface area contributed by atoms with Gasteiger partial charge in [-0.1, -0.05) is 41.1 Å². The maximum Gasteiger partial charge on any atom is 0.338 e. The van der Waals surface area contributed by atoms with Crippen LogP contribution in [0.15, 0.2) is 47.5 Å². The van der Waals surface area contributed by atoms with Gasteiger partial charge in [0.05, 0.1) is 22.4 Å². The van der Waals surface area contributed by atoms with Crippen molar-refractivity contribution in [3.8, 4) is 0 Å². The van der Waals surface area contributed by atoms with Gasteiger partial charge < -0.3 is 4.74 Å². The number of aromatic nitrogens is 1. The smallest absolute Gasteiger partial charge is 0.338 e. The summed E-state index contributed by atoms with van der Waals surface area (Å²) in [6.07, 6.45) is 1.69. The Hall–Kier alpha value is -2.24. The van der Waals surface area contributed by atoms with Crippen molar-refractivity contribution in [1.82, 2.24) is 4.98 Å². The molecule has 0 radical (unpaired) electrons. The van der Waals surface area contributed by atoms with Crippen molar-refractivity contribution in [1.29, 1.82) is 0 Å². The summed E-state index contributed by atoms with van der Waals surface area (Å²) in [4.78, 5) is 20.6. The van der Waals surface area contributed by atoms with E-state index in [4.69, 9.17) is 16.3 Å². The number of rotatable bonds is 4. The lowest BCUT2D eigenvalue weighted by atomic mass is 10.2. The van der Waals surface area contributed by atoms with Gasteiger partial charge in [-0.15, -0.1) is 0 Å². The number of halogens is 1. The van der Waals surface area contributed by atoms with E-state index in [-0.39, 0.29) is 5.97 Å². The van der Waals surface area contributed by atoms with E-state index in [0.29, 0.717) is 22.3 Å². The molecule has 116 valence electrons. The van der Waals surface area contributed by atoms with E-state index >= 15 is 0 Å². The predicted octanol–water partition coefficient (Wildman–Crippen LogP) is 4.88. The molecule has 6 heteroatoms. The minimum absolute atomic E-state index is 0.330. The maximum atomic E-state index is 11.8. The molecule has 1 heterocycles. The average molecular weight is 345 g/mol. The normalized spacial score (nSPS) is 11.2. The van der Waals surface area contributed by atoms with Crippen molar-refractivity contribution in [2.45, 2.75) is 6.92 Å². The van der Waals surface area contributed by atoms with Crippen LogP contribution in [-0.2, 0) is 4.74 Å². The molecule has 3 rings (SSSR count). The molecule has 0 aliphatic heterocycles. The summed E-state index contributed by atoms with van der Waals surface area (Å²) in [5, 5.41) is 1.25. The molecule has 0 saturated heterocycles. The highest BCUT2D eigenvalue weighted by atomic mass is 35.5. The second-order valence-corrected chi connectivity index (χ2v) is 6.10. The summed E-state index contributed by atoms with van der Waals surface area (Å²) >= 11 is 7.51. The number of benzene rings is 2. The summed E-state index contributed by atoms with van der Waals surface area (Å²) in [5.74, 6) is -0.330. The molecule has 0 N–H and O–H groups in total. The number of ether oxygens (including phenoxy) is 1. The lowest BCUT2D eigenvalue weighted by Gasteiger charge is -2.00. The zero-order valence-corrected chi connectivity index (χ0v) is 13.9. The standard InChI is InChI=1S/C17H13ClN2O2S/c1-2-22-16(21)11-7-8-14-15(9-11)23-17(20-14)19-10-12-5-3-4-6-13(12)18/h3-10H,2H2,1H3/b19-10+. The number of carbonyl (C=O) groups excluding carboxylic acids is 1. The van der Waals surface area contributed by atoms with Crippen LogP contribution >= 0.6 is 22.9 Å².